The number of nitrogens with one attached hydrogen (secondary N) is 1. The lowest BCUT2D eigenvalue weighted by atomic mass is 9.86. The Labute approximate surface area is 135 Å². The number of hydrogen-bond acceptors (Lipinski definition) is 3. The second-order valence-electron chi connectivity index (χ2n) is 6.17. The van der Waals surface area contributed by atoms with Gasteiger partial charge in [0, 0.05) is 30.3 Å². The molecule has 0 spiro atoms. The van der Waals surface area contributed by atoms with Crippen LogP contribution in [0.4, 0.5) is 14.5 Å². The van der Waals surface area contributed by atoms with Crippen LogP contribution in [0.5, 0.6) is 0 Å². The summed E-state index contributed by atoms with van der Waals surface area (Å²) < 4.78 is 26.3. The predicted molar refractivity (Wildman–Crippen MR) is 88.1 cm³/mol. The van der Waals surface area contributed by atoms with E-state index in [9.17, 15) is 13.9 Å². The van der Waals surface area contributed by atoms with Crippen molar-refractivity contribution in [3.05, 3.63) is 65.2 Å². The van der Waals surface area contributed by atoms with Crippen LogP contribution in [-0.4, -0.2) is 16.7 Å². The van der Waals surface area contributed by atoms with Gasteiger partial charge in [-0.05, 0) is 25.5 Å². The Bertz CT molecular complexity index is 660. The van der Waals surface area contributed by atoms with Crippen molar-refractivity contribution in [3.63, 3.8) is 0 Å². The first-order valence-electron chi connectivity index (χ1n) is 7.51. The van der Waals surface area contributed by atoms with E-state index in [0.717, 1.165) is 6.07 Å². The molecule has 0 aliphatic carbocycles. The Morgan fingerprint density at radius 3 is 2.43 bits per heavy atom. The van der Waals surface area contributed by atoms with Crippen LogP contribution in [-0.2, 0) is 13.0 Å². The highest BCUT2D eigenvalue weighted by Crippen LogP contribution is 2.32. The number of hydrogen-bond donors (Lipinski definition) is 3. The molecule has 5 heteroatoms. The first-order chi connectivity index (χ1) is 10.8. The van der Waals surface area contributed by atoms with E-state index >= 15 is 0 Å². The van der Waals surface area contributed by atoms with Crippen LogP contribution in [0.25, 0.3) is 0 Å². The van der Waals surface area contributed by atoms with Crippen LogP contribution in [0.15, 0.2) is 42.5 Å². The van der Waals surface area contributed by atoms with Gasteiger partial charge in [0.25, 0.3) is 0 Å². The molecule has 23 heavy (non-hydrogen) atoms. The standard InChI is InChI=1S/C11H13F2NO.C7H9N/c1-11(2)10(15)5-7-8(13)3-6(12)4-9(7)14-11;8-6-7-4-2-1-3-5-7/h3-4,10,14-15H,5H2,1-2H3;1-5H,6,8H2. The summed E-state index contributed by atoms with van der Waals surface area (Å²) in [5.41, 5.74) is 6.76. The third-order valence-electron chi connectivity index (χ3n) is 3.93. The van der Waals surface area contributed by atoms with E-state index in [1.165, 1.54) is 11.6 Å². The summed E-state index contributed by atoms with van der Waals surface area (Å²) in [6.07, 6.45) is -0.466. The Balaban J connectivity index is 0.000000203. The summed E-state index contributed by atoms with van der Waals surface area (Å²) >= 11 is 0. The number of aliphatic hydroxyl groups excluding tert-OH is 1. The van der Waals surface area contributed by atoms with Gasteiger partial charge < -0.3 is 16.2 Å². The molecular formula is C18H22F2N2O. The van der Waals surface area contributed by atoms with Gasteiger partial charge in [-0.2, -0.15) is 0 Å². The number of benzene rings is 2. The van der Waals surface area contributed by atoms with Crippen LogP contribution >= 0.6 is 0 Å². The maximum Gasteiger partial charge on any atom is 0.131 e. The van der Waals surface area contributed by atoms with Gasteiger partial charge in [-0.3, -0.25) is 0 Å². The summed E-state index contributed by atoms with van der Waals surface area (Å²) in [6, 6.07) is 12.1. The van der Waals surface area contributed by atoms with E-state index < -0.39 is 23.3 Å². The summed E-state index contributed by atoms with van der Waals surface area (Å²) in [6.45, 7) is 4.23. The lowest BCUT2D eigenvalue weighted by molar-refractivity contribution is 0.109. The molecule has 0 radical (unpaired) electrons. The Morgan fingerprint density at radius 2 is 1.87 bits per heavy atom. The largest absolute Gasteiger partial charge is 0.390 e. The highest BCUT2D eigenvalue weighted by molar-refractivity contribution is 5.56. The van der Waals surface area contributed by atoms with Gasteiger partial charge in [-0.25, -0.2) is 8.78 Å². The molecule has 124 valence electrons. The molecule has 0 bridgehead atoms. The summed E-state index contributed by atoms with van der Waals surface area (Å²) in [5.74, 6) is -1.21. The number of aliphatic hydroxyl groups is 1. The van der Waals surface area contributed by atoms with Gasteiger partial charge >= 0.3 is 0 Å². The van der Waals surface area contributed by atoms with Crippen molar-refractivity contribution in [2.24, 2.45) is 5.73 Å². The van der Waals surface area contributed by atoms with E-state index in [1.807, 2.05) is 30.3 Å². The fourth-order valence-corrected chi connectivity index (χ4v) is 2.42. The monoisotopic (exact) mass is 320 g/mol. The summed E-state index contributed by atoms with van der Waals surface area (Å²) in [4.78, 5) is 0. The second-order valence-corrected chi connectivity index (χ2v) is 6.17. The number of fused-ring (bicyclic) bond motifs is 1. The molecule has 0 fully saturated rings. The molecule has 1 heterocycles. The Kier molecular flexibility index (Phi) is 5.34. The lowest BCUT2D eigenvalue weighted by Crippen LogP contribution is -2.48. The Hall–Kier alpha value is -1.98. The minimum Gasteiger partial charge on any atom is -0.390 e. The van der Waals surface area contributed by atoms with Crippen LogP contribution in [0.2, 0.25) is 0 Å². The molecule has 1 atom stereocenters. The van der Waals surface area contributed by atoms with Crippen molar-refractivity contribution in [3.8, 4) is 0 Å². The van der Waals surface area contributed by atoms with Crippen molar-refractivity contribution < 1.29 is 13.9 Å². The van der Waals surface area contributed by atoms with Crippen LogP contribution in [0.1, 0.15) is 25.0 Å². The molecule has 2 aromatic rings. The van der Waals surface area contributed by atoms with Gasteiger partial charge in [0.2, 0.25) is 0 Å². The molecule has 1 aliphatic rings. The quantitative estimate of drug-likeness (QED) is 0.756. The van der Waals surface area contributed by atoms with Gasteiger partial charge in [-0.1, -0.05) is 30.3 Å². The molecule has 0 saturated heterocycles. The molecule has 2 aromatic carbocycles. The first kappa shape index (κ1) is 17.4. The highest BCUT2D eigenvalue weighted by Gasteiger charge is 2.34. The average molecular weight is 320 g/mol. The van der Waals surface area contributed by atoms with Crippen LogP contribution in [0, 0.1) is 11.6 Å². The summed E-state index contributed by atoms with van der Waals surface area (Å²) in [7, 11) is 0. The van der Waals surface area contributed by atoms with Crippen molar-refractivity contribution >= 4 is 5.69 Å². The normalized spacial score (nSPS) is 18.3. The van der Waals surface area contributed by atoms with E-state index in [0.29, 0.717) is 17.8 Å². The Morgan fingerprint density at radius 1 is 1.22 bits per heavy atom. The number of halogens is 2. The van der Waals surface area contributed by atoms with E-state index in [-0.39, 0.29) is 6.42 Å². The van der Waals surface area contributed by atoms with Gasteiger partial charge in [-0.15, -0.1) is 0 Å². The zero-order valence-corrected chi connectivity index (χ0v) is 13.3. The summed E-state index contributed by atoms with van der Waals surface area (Å²) in [5, 5.41) is 12.7. The number of nitrogens with two attached hydrogens (primary N) is 1. The predicted octanol–water partition coefficient (Wildman–Crippen LogP) is 3.22. The molecule has 0 aromatic heterocycles. The molecule has 4 N–H and O–H groups in total. The van der Waals surface area contributed by atoms with Crippen molar-refractivity contribution in [1.29, 1.82) is 0 Å². The molecule has 0 amide bonds. The van der Waals surface area contributed by atoms with Crippen LogP contribution in [0.3, 0.4) is 0 Å². The molecule has 3 nitrogen and oxygen atoms in total. The minimum absolute atomic E-state index is 0.210. The van der Waals surface area contributed by atoms with Crippen molar-refractivity contribution in [1.82, 2.24) is 0 Å². The number of anilines is 1. The van der Waals surface area contributed by atoms with Crippen LogP contribution < -0.4 is 11.1 Å². The van der Waals surface area contributed by atoms with Crippen molar-refractivity contribution in [2.75, 3.05) is 5.32 Å². The third kappa shape index (κ3) is 4.27. The zero-order chi connectivity index (χ0) is 17.0. The molecule has 3 rings (SSSR count). The minimum atomic E-state index is -0.676. The smallest absolute Gasteiger partial charge is 0.131 e. The van der Waals surface area contributed by atoms with Gasteiger partial charge in [0.05, 0.1) is 11.6 Å². The van der Waals surface area contributed by atoms with E-state index in [2.05, 4.69) is 5.32 Å². The van der Waals surface area contributed by atoms with E-state index in [4.69, 9.17) is 5.73 Å². The van der Waals surface area contributed by atoms with E-state index in [1.54, 1.807) is 13.8 Å². The average Bonchev–Trinajstić information content (AvgIpc) is 2.50. The van der Waals surface area contributed by atoms with Gasteiger partial charge in [0.1, 0.15) is 11.6 Å². The number of rotatable bonds is 1. The second kappa shape index (κ2) is 7.06. The highest BCUT2D eigenvalue weighted by atomic mass is 19.1. The van der Waals surface area contributed by atoms with Gasteiger partial charge in [0.15, 0.2) is 0 Å². The third-order valence-corrected chi connectivity index (χ3v) is 3.93. The fourth-order valence-electron chi connectivity index (χ4n) is 2.42. The topological polar surface area (TPSA) is 58.3 Å². The molecule has 1 unspecified atom stereocenters. The molecule has 0 saturated carbocycles. The lowest BCUT2D eigenvalue weighted by Gasteiger charge is -2.38. The van der Waals surface area contributed by atoms with Crippen molar-refractivity contribution in [2.45, 2.75) is 38.5 Å². The molecule has 1 aliphatic heterocycles. The SMILES string of the molecule is CC1(C)Nc2cc(F)cc(F)c2CC1O.NCc1ccccc1. The maximum absolute atomic E-state index is 13.4. The zero-order valence-electron chi connectivity index (χ0n) is 13.3. The maximum atomic E-state index is 13.4. The fraction of sp³-hybridized carbons (Fsp3) is 0.333. The first-order valence-corrected chi connectivity index (χ1v) is 7.51. The molecular weight excluding hydrogens is 298 g/mol.